The number of nitrogens with one attached hydrogen (secondary N) is 1. The lowest BCUT2D eigenvalue weighted by atomic mass is 10.1. The molecule has 1 atom stereocenters. The molecule has 0 unspecified atom stereocenters. The van der Waals surface area contributed by atoms with E-state index < -0.39 is 5.60 Å². The number of hydrogen-bond acceptors (Lipinski definition) is 3. The molecule has 1 rings (SSSR count). The van der Waals surface area contributed by atoms with Crippen molar-refractivity contribution in [2.75, 3.05) is 6.61 Å². The fraction of sp³-hybridized carbons (Fsp3) is 0.500. The van der Waals surface area contributed by atoms with E-state index in [2.05, 4.69) is 5.32 Å². The first kappa shape index (κ1) is 15.8. The lowest BCUT2D eigenvalue weighted by Gasteiger charge is -2.27. The molecule has 0 saturated carbocycles. The van der Waals surface area contributed by atoms with Crippen molar-refractivity contribution >= 4 is 17.5 Å². The maximum Gasteiger partial charge on any atom is 0.263 e. The van der Waals surface area contributed by atoms with Gasteiger partial charge in [-0.2, -0.15) is 0 Å². The predicted octanol–water partition coefficient (Wildman–Crippen LogP) is 2.38. The second kappa shape index (κ2) is 6.78. The summed E-state index contributed by atoms with van der Waals surface area (Å²) >= 11 is 5.79. The molecule has 0 aliphatic rings. The van der Waals surface area contributed by atoms with E-state index in [-0.39, 0.29) is 18.6 Å². The Balaban J connectivity index is 2.69. The zero-order valence-corrected chi connectivity index (χ0v) is 12.2. The Kier molecular flexibility index (Phi) is 5.63. The van der Waals surface area contributed by atoms with Crippen LogP contribution in [0.2, 0.25) is 5.02 Å². The Morgan fingerprint density at radius 2 is 2.00 bits per heavy atom. The molecule has 4 nitrogen and oxygen atoms in total. The Morgan fingerprint density at radius 3 is 2.47 bits per heavy atom. The van der Waals surface area contributed by atoms with Gasteiger partial charge in [0.25, 0.3) is 5.91 Å². The van der Waals surface area contributed by atoms with Gasteiger partial charge >= 0.3 is 0 Å². The Morgan fingerprint density at radius 1 is 1.42 bits per heavy atom. The normalized spacial score (nSPS) is 12.9. The highest BCUT2D eigenvalue weighted by Gasteiger charge is 2.31. The van der Waals surface area contributed by atoms with Crippen LogP contribution in [0.3, 0.4) is 0 Å². The van der Waals surface area contributed by atoms with Gasteiger partial charge in [-0.05, 0) is 44.5 Å². The fourth-order valence-electron chi connectivity index (χ4n) is 1.48. The van der Waals surface area contributed by atoms with Crippen LogP contribution >= 0.6 is 11.6 Å². The molecular formula is C14H20ClNO3. The van der Waals surface area contributed by atoms with Crippen molar-refractivity contribution in [3.8, 4) is 5.75 Å². The molecule has 0 radical (unpaired) electrons. The minimum atomic E-state index is -1.02. The van der Waals surface area contributed by atoms with Crippen molar-refractivity contribution < 1.29 is 14.6 Å². The molecule has 2 N–H and O–H groups in total. The van der Waals surface area contributed by atoms with Gasteiger partial charge in [0.05, 0.1) is 12.6 Å². The van der Waals surface area contributed by atoms with Crippen molar-refractivity contribution in [1.29, 1.82) is 0 Å². The zero-order valence-electron chi connectivity index (χ0n) is 11.4. The van der Waals surface area contributed by atoms with Gasteiger partial charge < -0.3 is 15.2 Å². The summed E-state index contributed by atoms with van der Waals surface area (Å²) < 4.78 is 5.66. The molecule has 19 heavy (non-hydrogen) atoms. The van der Waals surface area contributed by atoms with Gasteiger partial charge in [0.15, 0.2) is 5.60 Å². The maximum absolute atomic E-state index is 12.1. The van der Waals surface area contributed by atoms with Crippen molar-refractivity contribution in [3.05, 3.63) is 29.3 Å². The fourth-order valence-corrected chi connectivity index (χ4v) is 1.61. The highest BCUT2D eigenvalue weighted by Crippen LogP contribution is 2.21. The van der Waals surface area contributed by atoms with Crippen LogP contribution in [0.25, 0.3) is 0 Å². The molecule has 0 heterocycles. The molecule has 0 saturated heterocycles. The van der Waals surface area contributed by atoms with Gasteiger partial charge in [-0.15, -0.1) is 0 Å². The van der Waals surface area contributed by atoms with Crippen LogP contribution in [0.15, 0.2) is 24.3 Å². The predicted molar refractivity (Wildman–Crippen MR) is 75.5 cm³/mol. The zero-order chi connectivity index (χ0) is 14.5. The highest BCUT2D eigenvalue weighted by molar-refractivity contribution is 6.30. The minimum Gasteiger partial charge on any atom is -0.478 e. The number of hydrogen-bond donors (Lipinski definition) is 2. The summed E-state index contributed by atoms with van der Waals surface area (Å²) in [6.45, 7) is 5.18. The molecule has 0 bridgehead atoms. The van der Waals surface area contributed by atoms with Crippen LogP contribution in [0.1, 0.15) is 27.2 Å². The van der Waals surface area contributed by atoms with Crippen molar-refractivity contribution in [3.63, 3.8) is 0 Å². The molecule has 1 aromatic carbocycles. The van der Waals surface area contributed by atoms with Gasteiger partial charge in [0, 0.05) is 5.02 Å². The molecule has 0 aliphatic heterocycles. The van der Waals surface area contributed by atoms with Crippen LogP contribution in [0, 0.1) is 0 Å². The van der Waals surface area contributed by atoms with Crippen LogP contribution in [0.4, 0.5) is 0 Å². The molecule has 0 aromatic heterocycles. The summed E-state index contributed by atoms with van der Waals surface area (Å²) in [5.74, 6) is 0.310. The van der Waals surface area contributed by atoms with E-state index in [9.17, 15) is 4.79 Å². The molecule has 1 amide bonds. The van der Waals surface area contributed by atoms with E-state index in [1.165, 1.54) is 0 Å². The van der Waals surface area contributed by atoms with Crippen molar-refractivity contribution in [1.82, 2.24) is 5.32 Å². The van der Waals surface area contributed by atoms with Gasteiger partial charge in [-0.3, -0.25) is 4.79 Å². The van der Waals surface area contributed by atoms with Crippen LogP contribution < -0.4 is 10.1 Å². The summed E-state index contributed by atoms with van der Waals surface area (Å²) in [5, 5.41) is 12.5. The second-order valence-electron chi connectivity index (χ2n) is 4.83. The first-order valence-electron chi connectivity index (χ1n) is 6.25. The molecule has 0 fully saturated rings. The number of halogens is 1. The summed E-state index contributed by atoms with van der Waals surface area (Å²) in [6.07, 6.45) is 0.666. The maximum atomic E-state index is 12.1. The topological polar surface area (TPSA) is 58.6 Å². The first-order chi connectivity index (χ1) is 8.89. The van der Waals surface area contributed by atoms with Gasteiger partial charge in [0.1, 0.15) is 5.75 Å². The van der Waals surface area contributed by atoms with E-state index in [1.807, 2.05) is 6.92 Å². The third-order valence-corrected chi connectivity index (χ3v) is 3.03. The monoisotopic (exact) mass is 285 g/mol. The summed E-state index contributed by atoms with van der Waals surface area (Å²) in [5.41, 5.74) is -1.02. The van der Waals surface area contributed by atoms with E-state index in [1.54, 1.807) is 38.1 Å². The third-order valence-electron chi connectivity index (χ3n) is 2.78. The lowest BCUT2D eigenvalue weighted by Crippen LogP contribution is -2.50. The first-order valence-corrected chi connectivity index (χ1v) is 6.63. The standard InChI is InChI=1S/C14H20ClNO3/c1-4-11(9-17)16-13(18)14(2,3)19-12-7-5-10(15)6-8-12/h5-8,11,17H,4,9H2,1-3H3,(H,16,18)/t11-/m0/s1. The number of carbonyl (C=O) groups is 1. The molecule has 0 aliphatic carbocycles. The van der Waals surface area contributed by atoms with E-state index in [0.29, 0.717) is 17.2 Å². The summed E-state index contributed by atoms with van der Waals surface area (Å²) in [7, 11) is 0. The molecule has 106 valence electrons. The van der Waals surface area contributed by atoms with E-state index in [4.69, 9.17) is 21.4 Å². The summed E-state index contributed by atoms with van der Waals surface area (Å²) in [4.78, 5) is 12.1. The molecule has 1 aromatic rings. The number of aliphatic hydroxyl groups excluding tert-OH is 1. The van der Waals surface area contributed by atoms with E-state index >= 15 is 0 Å². The summed E-state index contributed by atoms with van der Waals surface area (Å²) in [6, 6.07) is 6.57. The molecular weight excluding hydrogens is 266 g/mol. The number of amides is 1. The number of aliphatic hydroxyl groups is 1. The molecule has 0 spiro atoms. The second-order valence-corrected chi connectivity index (χ2v) is 5.26. The SMILES string of the molecule is CC[C@@H](CO)NC(=O)C(C)(C)Oc1ccc(Cl)cc1. The lowest BCUT2D eigenvalue weighted by molar-refractivity contribution is -0.135. The Hall–Kier alpha value is -1.26. The Bertz CT molecular complexity index is 413. The van der Waals surface area contributed by atoms with Crippen LogP contribution in [-0.4, -0.2) is 29.3 Å². The number of benzene rings is 1. The van der Waals surface area contributed by atoms with Crippen LogP contribution in [0.5, 0.6) is 5.75 Å². The number of rotatable bonds is 6. The minimum absolute atomic E-state index is 0.0841. The largest absolute Gasteiger partial charge is 0.478 e. The van der Waals surface area contributed by atoms with Crippen molar-refractivity contribution in [2.45, 2.75) is 38.8 Å². The number of carbonyl (C=O) groups excluding carboxylic acids is 1. The van der Waals surface area contributed by atoms with E-state index in [0.717, 1.165) is 0 Å². The third kappa shape index (κ3) is 4.73. The smallest absolute Gasteiger partial charge is 0.263 e. The van der Waals surface area contributed by atoms with Gasteiger partial charge in [0.2, 0.25) is 0 Å². The number of ether oxygens (including phenoxy) is 1. The van der Waals surface area contributed by atoms with Gasteiger partial charge in [-0.25, -0.2) is 0 Å². The molecule has 5 heteroatoms. The van der Waals surface area contributed by atoms with Crippen LogP contribution in [-0.2, 0) is 4.79 Å². The quantitative estimate of drug-likeness (QED) is 0.844. The average molecular weight is 286 g/mol. The Labute approximate surface area is 118 Å². The van der Waals surface area contributed by atoms with Gasteiger partial charge in [-0.1, -0.05) is 18.5 Å². The highest BCUT2D eigenvalue weighted by atomic mass is 35.5. The van der Waals surface area contributed by atoms with Crippen molar-refractivity contribution in [2.24, 2.45) is 0 Å². The average Bonchev–Trinajstić information content (AvgIpc) is 2.38.